The quantitative estimate of drug-likeness (QED) is 0.245. The third-order valence-electron chi connectivity index (χ3n) is 9.66. The molecule has 0 radical (unpaired) electrons. The topological polar surface area (TPSA) is 197 Å². The third-order valence-corrected chi connectivity index (χ3v) is 9.66. The number of fused-ring (bicyclic) bond motifs is 3. The Labute approximate surface area is 255 Å². The van der Waals surface area contributed by atoms with E-state index >= 15 is 0 Å². The molecular formula is C33H28O12. The number of phenols is 2. The highest BCUT2D eigenvalue weighted by Crippen LogP contribution is 2.64. The van der Waals surface area contributed by atoms with Gasteiger partial charge < -0.3 is 39.7 Å². The largest absolute Gasteiger partial charge is 0.507 e. The van der Waals surface area contributed by atoms with E-state index in [1.165, 1.54) is 25.1 Å². The van der Waals surface area contributed by atoms with Crippen LogP contribution in [0.1, 0.15) is 66.5 Å². The molecular weight excluding hydrogens is 588 g/mol. The number of esters is 2. The molecule has 0 unspecified atom stereocenters. The molecule has 2 aromatic rings. The summed E-state index contributed by atoms with van der Waals surface area (Å²) >= 11 is 0. The highest BCUT2D eigenvalue weighted by Gasteiger charge is 2.63. The summed E-state index contributed by atoms with van der Waals surface area (Å²) in [4.78, 5) is 53.2. The summed E-state index contributed by atoms with van der Waals surface area (Å²) in [5.41, 5.74) is -4.02. The van der Waals surface area contributed by atoms with Crippen LogP contribution in [0.2, 0.25) is 0 Å². The molecule has 8 rings (SSSR count). The monoisotopic (exact) mass is 616 g/mol. The zero-order valence-corrected chi connectivity index (χ0v) is 24.3. The minimum Gasteiger partial charge on any atom is -0.507 e. The Bertz CT molecular complexity index is 1900. The van der Waals surface area contributed by atoms with Crippen LogP contribution >= 0.6 is 0 Å². The van der Waals surface area contributed by atoms with Crippen molar-refractivity contribution < 1.29 is 58.9 Å². The summed E-state index contributed by atoms with van der Waals surface area (Å²) < 4.78 is 16.8. The van der Waals surface area contributed by atoms with E-state index in [0.29, 0.717) is 5.57 Å². The third kappa shape index (κ3) is 3.40. The second kappa shape index (κ2) is 9.21. The number of aliphatic hydroxyl groups is 3. The van der Waals surface area contributed by atoms with E-state index in [-0.39, 0.29) is 64.2 Å². The highest BCUT2D eigenvalue weighted by atomic mass is 16.6. The van der Waals surface area contributed by atoms with Gasteiger partial charge in [0.2, 0.25) is 0 Å². The van der Waals surface area contributed by atoms with Gasteiger partial charge in [0.25, 0.3) is 5.60 Å². The maximum atomic E-state index is 14.4. The number of aromatic hydroxyl groups is 2. The number of aliphatic hydroxyl groups excluding tert-OH is 3. The SMILES string of the molecule is COC(=O)[C@]12Oc3cc4c(c(O)c3C(O)=C1C(=O)CC[C@@H]2O)[C@H]1C(=O)C2=C(O)c3c(O)cccc3[C@H](OC(C)=O)[C@@]2(C=C1C)C4. The van der Waals surface area contributed by atoms with Gasteiger partial charge in [-0.25, -0.2) is 4.79 Å². The Kier molecular flexibility index (Phi) is 5.86. The maximum absolute atomic E-state index is 14.4. The van der Waals surface area contributed by atoms with Gasteiger partial charge in [0.05, 0.1) is 35.2 Å². The van der Waals surface area contributed by atoms with Gasteiger partial charge in [-0.3, -0.25) is 14.4 Å². The summed E-state index contributed by atoms with van der Waals surface area (Å²) in [6.07, 6.45) is -1.62. The molecule has 5 N–H and O–H groups in total. The molecule has 1 fully saturated rings. The smallest absolute Gasteiger partial charge is 0.358 e. The van der Waals surface area contributed by atoms with Crippen molar-refractivity contribution in [1.29, 1.82) is 0 Å². The summed E-state index contributed by atoms with van der Waals surface area (Å²) in [5.74, 6) is -6.86. The van der Waals surface area contributed by atoms with Gasteiger partial charge >= 0.3 is 11.9 Å². The van der Waals surface area contributed by atoms with Crippen LogP contribution in [0.4, 0.5) is 0 Å². The first-order valence-electron chi connectivity index (χ1n) is 14.3. The van der Waals surface area contributed by atoms with Gasteiger partial charge in [-0.1, -0.05) is 23.8 Å². The first-order chi connectivity index (χ1) is 21.3. The lowest BCUT2D eigenvalue weighted by Gasteiger charge is -2.45. The van der Waals surface area contributed by atoms with Crippen LogP contribution < -0.4 is 4.74 Å². The van der Waals surface area contributed by atoms with Gasteiger partial charge in [-0.15, -0.1) is 0 Å². The molecule has 232 valence electrons. The lowest BCUT2D eigenvalue weighted by molar-refractivity contribution is -0.169. The fourth-order valence-electron chi connectivity index (χ4n) is 7.98. The average Bonchev–Trinajstić information content (AvgIpc) is 3.17. The number of carbonyl (C=O) groups excluding carboxylic acids is 4. The first-order valence-corrected chi connectivity index (χ1v) is 14.3. The minimum atomic E-state index is -2.42. The predicted molar refractivity (Wildman–Crippen MR) is 153 cm³/mol. The van der Waals surface area contributed by atoms with Crippen molar-refractivity contribution in [2.75, 3.05) is 7.11 Å². The maximum Gasteiger partial charge on any atom is 0.358 e. The fourth-order valence-corrected chi connectivity index (χ4v) is 7.98. The summed E-state index contributed by atoms with van der Waals surface area (Å²) in [7, 11) is 1.04. The van der Waals surface area contributed by atoms with Gasteiger partial charge in [0, 0.05) is 24.5 Å². The molecule has 45 heavy (non-hydrogen) atoms. The lowest BCUT2D eigenvalue weighted by atomic mass is 9.60. The van der Waals surface area contributed by atoms with E-state index in [1.807, 2.05) is 0 Å². The predicted octanol–water partition coefficient (Wildman–Crippen LogP) is 3.14. The Balaban J connectivity index is 1.54. The normalized spacial score (nSPS) is 29.3. The van der Waals surface area contributed by atoms with Crippen molar-refractivity contribution in [3.63, 3.8) is 0 Å². The number of phenolic OH excluding ortho intramolecular Hbond substituents is 2. The summed E-state index contributed by atoms with van der Waals surface area (Å²) in [6, 6.07) is 5.80. The molecule has 0 saturated heterocycles. The number of ketones is 2. The van der Waals surface area contributed by atoms with E-state index < -0.39 is 75.5 Å². The van der Waals surface area contributed by atoms with E-state index in [0.717, 1.165) is 7.11 Å². The van der Waals surface area contributed by atoms with Crippen molar-refractivity contribution in [3.05, 3.63) is 74.9 Å². The second-order valence-corrected chi connectivity index (χ2v) is 12.1. The van der Waals surface area contributed by atoms with Gasteiger partial charge in [-0.2, -0.15) is 0 Å². The number of hydrogen-bond acceptors (Lipinski definition) is 12. The number of ether oxygens (including phenoxy) is 3. The van der Waals surface area contributed by atoms with Crippen LogP contribution in [0.25, 0.3) is 11.5 Å². The molecule has 2 bridgehead atoms. The minimum absolute atomic E-state index is 0.0547. The van der Waals surface area contributed by atoms with Gasteiger partial charge in [0.1, 0.15) is 46.5 Å². The summed E-state index contributed by atoms with van der Waals surface area (Å²) in [5, 5.41) is 56.7. The Morgan fingerprint density at radius 1 is 1.04 bits per heavy atom. The zero-order chi connectivity index (χ0) is 32.3. The van der Waals surface area contributed by atoms with Crippen LogP contribution in [0.5, 0.6) is 17.2 Å². The molecule has 5 atom stereocenters. The average molecular weight is 617 g/mol. The molecule has 1 heterocycles. The Morgan fingerprint density at radius 3 is 2.44 bits per heavy atom. The molecule has 5 aliphatic carbocycles. The molecule has 12 heteroatoms. The number of rotatable bonds is 2. The van der Waals surface area contributed by atoms with Crippen molar-refractivity contribution in [2.24, 2.45) is 5.41 Å². The number of allylic oxidation sites excluding steroid dienone is 1. The van der Waals surface area contributed by atoms with E-state index in [1.54, 1.807) is 19.1 Å². The van der Waals surface area contributed by atoms with Crippen molar-refractivity contribution in [3.8, 4) is 17.2 Å². The Morgan fingerprint density at radius 2 is 1.76 bits per heavy atom. The first kappa shape index (κ1) is 28.7. The highest BCUT2D eigenvalue weighted by molar-refractivity contribution is 6.14. The standard InChI is InChI=1S/C33H28O12/c1-12-10-32-11-14-9-18-23(29(41)24-17(36)7-8-19(37)33(24,45-18)31(42)43-3)26(38)21(14)20(12)27(39)25(32)28(40)22-15(5-4-6-16(22)35)30(32)44-13(2)34/h4-6,9-10,19-20,30,35,37-38,40-41H,7-8,11H2,1-3H3/t19-,20-,30-,32-,33+/m0/s1. The van der Waals surface area contributed by atoms with Crippen LogP contribution in [-0.4, -0.2) is 67.9 Å². The van der Waals surface area contributed by atoms with Crippen LogP contribution in [0.15, 0.2) is 47.1 Å². The van der Waals surface area contributed by atoms with Crippen LogP contribution in [-0.2, 0) is 35.1 Å². The number of Topliss-reactive ketones (excluding diaryl/α,β-unsaturated/α-hetero) is 2. The van der Waals surface area contributed by atoms with Crippen molar-refractivity contribution in [2.45, 2.75) is 56.8 Å². The van der Waals surface area contributed by atoms with Crippen LogP contribution in [0.3, 0.4) is 0 Å². The van der Waals surface area contributed by atoms with Crippen molar-refractivity contribution in [1.82, 2.24) is 0 Å². The fraction of sp³-hybridized carbons (Fsp3) is 0.333. The Hall–Kier alpha value is -5.10. The van der Waals surface area contributed by atoms with Crippen LogP contribution in [0, 0.1) is 5.41 Å². The molecule has 1 saturated carbocycles. The molecule has 1 spiro atoms. The molecule has 1 aliphatic heterocycles. The zero-order valence-electron chi connectivity index (χ0n) is 24.3. The summed E-state index contributed by atoms with van der Waals surface area (Å²) in [6.45, 7) is 2.84. The number of hydrogen-bond donors (Lipinski definition) is 5. The molecule has 0 aromatic heterocycles. The molecule has 6 aliphatic rings. The number of methoxy groups -OCH3 is 1. The van der Waals surface area contributed by atoms with Gasteiger partial charge in [0.15, 0.2) is 11.6 Å². The van der Waals surface area contributed by atoms with Crippen molar-refractivity contribution >= 4 is 35.0 Å². The van der Waals surface area contributed by atoms with E-state index in [4.69, 9.17) is 14.2 Å². The second-order valence-electron chi connectivity index (χ2n) is 12.1. The van der Waals surface area contributed by atoms with E-state index in [9.17, 15) is 44.7 Å². The van der Waals surface area contributed by atoms with E-state index in [2.05, 4.69) is 0 Å². The molecule has 12 nitrogen and oxygen atoms in total. The molecule has 2 aromatic carbocycles. The number of benzene rings is 2. The van der Waals surface area contributed by atoms with Gasteiger partial charge in [-0.05, 0) is 37.5 Å². The lowest BCUT2D eigenvalue weighted by Crippen LogP contribution is -2.61. The number of carbonyl (C=O) groups is 4. The molecule has 0 amide bonds.